The van der Waals surface area contributed by atoms with Gasteiger partial charge in [-0.3, -0.25) is 4.79 Å². The molecule has 2 unspecified atom stereocenters. The number of methoxy groups -OCH3 is 1. The average molecular weight is 283 g/mol. The number of benzene rings is 1. The molecule has 1 heterocycles. The van der Waals surface area contributed by atoms with Gasteiger partial charge in [0.2, 0.25) is 5.91 Å². The zero-order valence-electron chi connectivity index (χ0n) is 11.2. The van der Waals surface area contributed by atoms with Crippen molar-refractivity contribution >= 4 is 23.2 Å². The lowest BCUT2D eigenvalue weighted by atomic mass is 9.92. The number of ether oxygens (including phenoxy) is 1. The number of anilines is 1. The maximum absolute atomic E-state index is 12.3. The van der Waals surface area contributed by atoms with E-state index in [-0.39, 0.29) is 11.9 Å². The summed E-state index contributed by atoms with van der Waals surface area (Å²) < 4.78 is 5.13. The largest absolute Gasteiger partial charge is 0.497 e. The molecule has 104 valence electrons. The van der Waals surface area contributed by atoms with Crippen LogP contribution in [-0.2, 0) is 4.79 Å². The first-order valence-corrected chi connectivity index (χ1v) is 6.87. The summed E-state index contributed by atoms with van der Waals surface area (Å²) in [5.41, 5.74) is 0.589. The molecule has 1 aliphatic heterocycles. The Morgan fingerprint density at radius 3 is 3.00 bits per heavy atom. The van der Waals surface area contributed by atoms with Crippen molar-refractivity contribution in [1.29, 1.82) is 0 Å². The fourth-order valence-electron chi connectivity index (χ4n) is 2.34. The Bertz CT molecular complexity index is 465. The molecule has 1 aromatic carbocycles. The molecule has 0 bridgehead atoms. The Balaban J connectivity index is 2.09. The molecule has 4 nitrogen and oxygen atoms in total. The Kier molecular flexibility index (Phi) is 4.66. The van der Waals surface area contributed by atoms with E-state index < -0.39 is 0 Å². The first-order valence-electron chi connectivity index (χ1n) is 6.49. The van der Waals surface area contributed by atoms with Gasteiger partial charge in [0.15, 0.2) is 0 Å². The van der Waals surface area contributed by atoms with Crippen LogP contribution in [0.5, 0.6) is 5.75 Å². The molecule has 1 saturated heterocycles. The lowest BCUT2D eigenvalue weighted by molar-refractivity contribution is -0.119. The zero-order chi connectivity index (χ0) is 13.8. The molecule has 0 radical (unpaired) electrons. The van der Waals surface area contributed by atoms with E-state index in [1.165, 1.54) is 0 Å². The molecule has 1 aliphatic rings. The monoisotopic (exact) mass is 282 g/mol. The summed E-state index contributed by atoms with van der Waals surface area (Å²) in [6.07, 6.45) is 2.18. The van der Waals surface area contributed by atoms with E-state index in [4.69, 9.17) is 16.3 Å². The van der Waals surface area contributed by atoms with Gasteiger partial charge in [-0.2, -0.15) is 0 Å². The van der Waals surface area contributed by atoms with E-state index in [9.17, 15) is 4.79 Å². The lowest BCUT2D eigenvalue weighted by Crippen LogP contribution is -2.48. The Morgan fingerprint density at radius 1 is 1.53 bits per heavy atom. The van der Waals surface area contributed by atoms with Crippen LogP contribution in [0.2, 0.25) is 5.02 Å². The molecule has 2 N–H and O–H groups in total. The predicted molar refractivity (Wildman–Crippen MR) is 76.8 cm³/mol. The van der Waals surface area contributed by atoms with Gasteiger partial charge in [-0.1, -0.05) is 18.5 Å². The number of hydrogen-bond donors (Lipinski definition) is 2. The molecule has 1 fully saturated rings. The quantitative estimate of drug-likeness (QED) is 0.896. The number of nitrogens with one attached hydrogen (secondary N) is 2. The van der Waals surface area contributed by atoms with Crippen LogP contribution in [0, 0.1) is 5.92 Å². The van der Waals surface area contributed by atoms with Crippen LogP contribution < -0.4 is 15.4 Å². The molecule has 0 aromatic heterocycles. The van der Waals surface area contributed by atoms with Gasteiger partial charge in [-0.25, -0.2) is 0 Å². The number of carbonyl (C=O) groups is 1. The smallest absolute Gasteiger partial charge is 0.241 e. The Labute approximate surface area is 118 Å². The molecule has 19 heavy (non-hydrogen) atoms. The number of rotatable bonds is 3. The van der Waals surface area contributed by atoms with Gasteiger partial charge in [0.25, 0.3) is 0 Å². The van der Waals surface area contributed by atoms with Crippen molar-refractivity contribution in [2.75, 3.05) is 19.0 Å². The number of halogens is 1. The first kappa shape index (κ1) is 14.2. The zero-order valence-corrected chi connectivity index (χ0v) is 12.0. The van der Waals surface area contributed by atoms with Gasteiger partial charge in [0.1, 0.15) is 5.75 Å². The third-order valence-electron chi connectivity index (χ3n) is 3.48. The topological polar surface area (TPSA) is 50.4 Å². The highest BCUT2D eigenvalue weighted by atomic mass is 35.5. The molecular weight excluding hydrogens is 264 g/mol. The summed E-state index contributed by atoms with van der Waals surface area (Å²) in [7, 11) is 1.58. The second kappa shape index (κ2) is 6.26. The van der Waals surface area contributed by atoms with E-state index in [1.807, 2.05) is 0 Å². The normalized spacial score (nSPS) is 22.9. The second-order valence-corrected chi connectivity index (χ2v) is 5.29. The fraction of sp³-hybridized carbons (Fsp3) is 0.500. The van der Waals surface area contributed by atoms with Gasteiger partial charge in [-0.05, 0) is 37.4 Å². The van der Waals surface area contributed by atoms with Gasteiger partial charge in [-0.15, -0.1) is 0 Å². The van der Waals surface area contributed by atoms with Crippen LogP contribution in [-0.4, -0.2) is 25.6 Å². The van der Waals surface area contributed by atoms with Crippen molar-refractivity contribution < 1.29 is 9.53 Å². The van der Waals surface area contributed by atoms with Crippen molar-refractivity contribution in [2.24, 2.45) is 5.92 Å². The molecule has 1 amide bonds. The standard InChI is InChI=1S/C14H19ClN2O2/c1-9-4-3-7-16-13(9)14(18)17-12-8-10(19-2)5-6-11(12)15/h5-6,8-9,13,16H,3-4,7H2,1-2H3,(H,17,18). The van der Waals surface area contributed by atoms with Crippen LogP contribution in [0.1, 0.15) is 19.8 Å². The molecule has 2 atom stereocenters. The molecule has 0 saturated carbocycles. The summed E-state index contributed by atoms with van der Waals surface area (Å²) in [6, 6.07) is 5.05. The minimum absolute atomic E-state index is 0.0395. The van der Waals surface area contributed by atoms with E-state index in [2.05, 4.69) is 17.6 Å². The van der Waals surface area contributed by atoms with Crippen LogP contribution in [0.4, 0.5) is 5.69 Å². The third kappa shape index (κ3) is 3.39. The minimum atomic E-state index is -0.156. The number of hydrogen-bond acceptors (Lipinski definition) is 3. The van der Waals surface area contributed by atoms with Crippen molar-refractivity contribution in [1.82, 2.24) is 5.32 Å². The highest BCUT2D eigenvalue weighted by Gasteiger charge is 2.27. The van der Waals surface area contributed by atoms with Crippen LogP contribution in [0.25, 0.3) is 0 Å². The minimum Gasteiger partial charge on any atom is -0.497 e. The van der Waals surface area contributed by atoms with Gasteiger partial charge >= 0.3 is 0 Å². The number of amides is 1. The van der Waals surface area contributed by atoms with Crippen molar-refractivity contribution in [3.05, 3.63) is 23.2 Å². The number of carbonyl (C=O) groups excluding carboxylic acids is 1. The van der Waals surface area contributed by atoms with Gasteiger partial charge in [0, 0.05) is 6.07 Å². The Hall–Kier alpha value is -1.26. The maximum atomic E-state index is 12.3. The first-order chi connectivity index (χ1) is 9.11. The second-order valence-electron chi connectivity index (χ2n) is 4.89. The maximum Gasteiger partial charge on any atom is 0.241 e. The molecule has 0 aliphatic carbocycles. The predicted octanol–water partition coefficient (Wildman–Crippen LogP) is 2.68. The Morgan fingerprint density at radius 2 is 2.32 bits per heavy atom. The number of piperidine rings is 1. The summed E-state index contributed by atoms with van der Waals surface area (Å²) in [5.74, 6) is 0.963. The highest BCUT2D eigenvalue weighted by molar-refractivity contribution is 6.33. The third-order valence-corrected chi connectivity index (χ3v) is 3.81. The summed E-state index contributed by atoms with van der Waals surface area (Å²) >= 11 is 6.08. The summed E-state index contributed by atoms with van der Waals surface area (Å²) in [5, 5.41) is 6.63. The van der Waals surface area contributed by atoms with Crippen molar-refractivity contribution in [3.8, 4) is 5.75 Å². The molecular formula is C14H19ClN2O2. The summed E-state index contributed by atoms with van der Waals surface area (Å²) in [4.78, 5) is 12.3. The van der Waals surface area contributed by atoms with Gasteiger partial charge < -0.3 is 15.4 Å². The van der Waals surface area contributed by atoms with Crippen LogP contribution in [0.15, 0.2) is 18.2 Å². The van der Waals surface area contributed by atoms with E-state index >= 15 is 0 Å². The van der Waals surface area contributed by atoms with Gasteiger partial charge in [0.05, 0.1) is 23.9 Å². The van der Waals surface area contributed by atoms with Crippen LogP contribution >= 0.6 is 11.6 Å². The molecule has 1 aromatic rings. The summed E-state index contributed by atoms with van der Waals surface area (Å²) in [6.45, 7) is 2.97. The highest BCUT2D eigenvalue weighted by Crippen LogP contribution is 2.27. The molecule has 0 spiro atoms. The molecule has 2 rings (SSSR count). The van der Waals surface area contributed by atoms with E-state index in [0.29, 0.717) is 22.4 Å². The fourth-order valence-corrected chi connectivity index (χ4v) is 2.50. The lowest BCUT2D eigenvalue weighted by Gasteiger charge is -2.29. The molecule has 5 heteroatoms. The van der Waals surface area contributed by atoms with Crippen molar-refractivity contribution in [2.45, 2.75) is 25.8 Å². The van der Waals surface area contributed by atoms with E-state index in [0.717, 1.165) is 19.4 Å². The van der Waals surface area contributed by atoms with E-state index in [1.54, 1.807) is 25.3 Å². The van der Waals surface area contributed by atoms with Crippen LogP contribution in [0.3, 0.4) is 0 Å². The SMILES string of the molecule is COc1ccc(Cl)c(NC(=O)C2NCCCC2C)c1. The van der Waals surface area contributed by atoms with Crippen molar-refractivity contribution in [3.63, 3.8) is 0 Å². The average Bonchev–Trinajstić information content (AvgIpc) is 2.41.